The molecule has 3 rings (SSSR count). The quantitative estimate of drug-likeness (QED) is 0.731. The number of rotatable bonds is 7. The average molecular weight is 411 g/mol. The second-order valence-electron chi connectivity index (χ2n) is 6.06. The minimum absolute atomic E-state index is 0.0188. The van der Waals surface area contributed by atoms with Gasteiger partial charge in [-0.3, -0.25) is 4.79 Å². The molecule has 0 aliphatic heterocycles. The Morgan fingerprint density at radius 1 is 1.07 bits per heavy atom. The number of sulfonamides is 1. The topological polar surface area (TPSA) is 93.7 Å². The Morgan fingerprint density at radius 3 is 2.26 bits per heavy atom. The molecule has 0 bridgehead atoms. The van der Waals surface area contributed by atoms with Crippen LogP contribution in [0.3, 0.4) is 0 Å². The molecule has 0 aromatic heterocycles. The van der Waals surface area contributed by atoms with E-state index in [9.17, 15) is 13.2 Å². The molecule has 27 heavy (non-hydrogen) atoms. The Kier molecular flexibility index (Phi) is 5.59. The molecule has 0 radical (unpaired) electrons. The minimum atomic E-state index is -3.56. The SMILES string of the molecule is COc1cc(OC)c(NC(=O)c2ccc(S(=O)(=O)NC3CC3)cc2)cc1Cl. The van der Waals surface area contributed by atoms with Crippen LogP contribution in [0.25, 0.3) is 0 Å². The van der Waals surface area contributed by atoms with Gasteiger partial charge in [0, 0.05) is 17.7 Å². The van der Waals surface area contributed by atoms with E-state index in [0.717, 1.165) is 12.8 Å². The molecule has 0 spiro atoms. The normalized spacial score (nSPS) is 13.9. The third-order valence-electron chi connectivity index (χ3n) is 4.05. The molecule has 0 saturated heterocycles. The smallest absolute Gasteiger partial charge is 0.255 e. The van der Waals surface area contributed by atoms with E-state index in [1.54, 1.807) is 6.07 Å². The summed E-state index contributed by atoms with van der Waals surface area (Å²) in [7, 11) is -0.614. The standard InChI is InChI=1S/C18H19ClN2O5S/c1-25-16-10-17(26-2)15(9-14(16)19)20-18(22)11-3-7-13(8-4-11)27(23,24)21-12-5-6-12/h3-4,7-10,12,21H,5-6H2,1-2H3,(H,20,22). The highest BCUT2D eigenvalue weighted by atomic mass is 35.5. The highest BCUT2D eigenvalue weighted by molar-refractivity contribution is 7.89. The van der Waals surface area contributed by atoms with Crippen LogP contribution in [0.5, 0.6) is 11.5 Å². The van der Waals surface area contributed by atoms with E-state index >= 15 is 0 Å². The fourth-order valence-corrected chi connectivity index (χ4v) is 3.97. The summed E-state index contributed by atoms with van der Waals surface area (Å²) in [5, 5.41) is 3.02. The highest BCUT2D eigenvalue weighted by Crippen LogP contribution is 2.36. The van der Waals surface area contributed by atoms with Gasteiger partial charge in [0.05, 0.1) is 29.8 Å². The van der Waals surface area contributed by atoms with Crippen molar-refractivity contribution in [1.29, 1.82) is 0 Å². The maximum Gasteiger partial charge on any atom is 0.255 e. The van der Waals surface area contributed by atoms with E-state index in [0.29, 0.717) is 27.8 Å². The first kappa shape index (κ1) is 19.5. The van der Waals surface area contributed by atoms with Crippen LogP contribution in [0.2, 0.25) is 5.02 Å². The number of ether oxygens (including phenoxy) is 2. The average Bonchev–Trinajstić information content (AvgIpc) is 3.45. The molecular formula is C18H19ClN2O5S. The van der Waals surface area contributed by atoms with Gasteiger partial charge in [-0.2, -0.15) is 0 Å². The zero-order valence-corrected chi connectivity index (χ0v) is 16.4. The second-order valence-corrected chi connectivity index (χ2v) is 8.18. The van der Waals surface area contributed by atoms with E-state index in [2.05, 4.69) is 10.0 Å². The summed E-state index contributed by atoms with van der Waals surface area (Å²) in [5.41, 5.74) is 0.676. The van der Waals surface area contributed by atoms with E-state index in [1.807, 2.05) is 0 Å². The van der Waals surface area contributed by atoms with Crippen LogP contribution in [0.1, 0.15) is 23.2 Å². The Bertz CT molecular complexity index is 956. The Morgan fingerprint density at radius 2 is 1.70 bits per heavy atom. The number of carbonyl (C=O) groups excluding carboxylic acids is 1. The number of nitrogens with one attached hydrogen (secondary N) is 2. The molecule has 1 aliphatic rings. The number of amides is 1. The zero-order valence-electron chi connectivity index (χ0n) is 14.8. The van der Waals surface area contributed by atoms with Gasteiger partial charge in [-0.15, -0.1) is 0 Å². The molecule has 2 N–H and O–H groups in total. The number of anilines is 1. The summed E-state index contributed by atoms with van der Waals surface area (Å²) in [6.45, 7) is 0. The molecule has 1 aliphatic carbocycles. The van der Waals surface area contributed by atoms with Crippen LogP contribution < -0.4 is 19.5 Å². The molecule has 7 nitrogen and oxygen atoms in total. The lowest BCUT2D eigenvalue weighted by molar-refractivity contribution is 0.102. The Balaban J connectivity index is 1.77. The summed E-state index contributed by atoms with van der Waals surface area (Å²) in [4.78, 5) is 12.6. The van der Waals surface area contributed by atoms with Crippen LogP contribution in [-0.2, 0) is 10.0 Å². The summed E-state index contributed by atoms with van der Waals surface area (Å²) in [6.07, 6.45) is 1.71. The maximum atomic E-state index is 12.5. The molecule has 0 heterocycles. The fourth-order valence-electron chi connectivity index (χ4n) is 2.43. The first-order valence-electron chi connectivity index (χ1n) is 8.19. The predicted octanol–water partition coefficient (Wildman–Crippen LogP) is 3.05. The van der Waals surface area contributed by atoms with Gasteiger partial charge in [0.25, 0.3) is 5.91 Å². The second kappa shape index (κ2) is 7.75. The molecule has 0 atom stereocenters. The van der Waals surface area contributed by atoms with Gasteiger partial charge in [-0.05, 0) is 43.2 Å². The number of halogens is 1. The van der Waals surface area contributed by atoms with Crippen molar-refractivity contribution < 1.29 is 22.7 Å². The van der Waals surface area contributed by atoms with Crippen LogP contribution in [0.4, 0.5) is 5.69 Å². The predicted molar refractivity (Wildman–Crippen MR) is 102 cm³/mol. The number of methoxy groups -OCH3 is 2. The van der Waals surface area contributed by atoms with Crippen molar-refractivity contribution >= 4 is 33.2 Å². The van der Waals surface area contributed by atoms with Gasteiger partial charge >= 0.3 is 0 Å². The van der Waals surface area contributed by atoms with Gasteiger partial charge in [0.2, 0.25) is 10.0 Å². The van der Waals surface area contributed by atoms with Gasteiger partial charge in [0.15, 0.2) is 0 Å². The molecule has 1 saturated carbocycles. The largest absolute Gasteiger partial charge is 0.495 e. The number of benzene rings is 2. The molecule has 144 valence electrons. The van der Waals surface area contributed by atoms with E-state index < -0.39 is 15.9 Å². The van der Waals surface area contributed by atoms with Crippen LogP contribution >= 0.6 is 11.6 Å². The molecule has 1 fully saturated rings. The minimum Gasteiger partial charge on any atom is -0.495 e. The van der Waals surface area contributed by atoms with Gasteiger partial charge in [-0.25, -0.2) is 13.1 Å². The van der Waals surface area contributed by atoms with Gasteiger partial charge in [0.1, 0.15) is 11.5 Å². The van der Waals surface area contributed by atoms with Gasteiger partial charge < -0.3 is 14.8 Å². The Labute approximate surface area is 162 Å². The first-order valence-corrected chi connectivity index (χ1v) is 10.1. The van der Waals surface area contributed by atoms with Crippen molar-refractivity contribution in [3.63, 3.8) is 0 Å². The monoisotopic (exact) mass is 410 g/mol. The molecule has 2 aromatic rings. The summed E-state index contributed by atoms with van der Waals surface area (Å²) in [6, 6.07) is 8.82. The molecule has 0 unspecified atom stereocenters. The van der Waals surface area contributed by atoms with Crippen molar-refractivity contribution in [2.45, 2.75) is 23.8 Å². The van der Waals surface area contributed by atoms with E-state index in [4.69, 9.17) is 21.1 Å². The highest BCUT2D eigenvalue weighted by Gasteiger charge is 2.28. The molecular weight excluding hydrogens is 392 g/mol. The molecule has 2 aromatic carbocycles. The van der Waals surface area contributed by atoms with Crippen molar-refractivity contribution in [2.24, 2.45) is 0 Å². The summed E-state index contributed by atoms with van der Waals surface area (Å²) in [5.74, 6) is 0.385. The molecule has 1 amide bonds. The van der Waals surface area contributed by atoms with Gasteiger partial charge in [-0.1, -0.05) is 11.6 Å². The Hall–Kier alpha value is -2.29. The summed E-state index contributed by atoms with van der Waals surface area (Å²) < 4.78 is 37.3. The van der Waals surface area contributed by atoms with Crippen LogP contribution in [0.15, 0.2) is 41.3 Å². The maximum absolute atomic E-state index is 12.5. The first-order chi connectivity index (χ1) is 12.8. The fraction of sp³-hybridized carbons (Fsp3) is 0.278. The van der Waals surface area contributed by atoms with Crippen LogP contribution in [-0.4, -0.2) is 34.6 Å². The number of hydrogen-bond acceptors (Lipinski definition) is 5. The number of carbonyl (C=O) groups is 1. The van der Waals surface area contributed by atoms with Crippen LogP contribution in [0, 0.1) is 0 Å². The third-order valence-corrected chi connectivity index (χ3v) is 5.88. The third kappa shape index (κ3) is 4.52. The lowest BCUT2D eigenvalue weighted by atomic mass is 10.2. The van der Waals surface area contributed by atoms with Crippen molar-refractivity contribution in [2.75, 3.05) is 19.5 Å². The summed E-state index contributed by atoms with van der Waals surface area (Å²) >= 11 is 6.10. The molecule has 9 heteroatoms. The lowest BCUT2D eigenvalue weighted by Crippen LogP contribution is -2.25. The number of hydrogen-bond donors (Lipinski definition) is 2. The van der Waals surface area contributed by atoms with Crippen molar-refractivity contribution in [1.82, 2.24) is 4.72 Å². The van der Waals surface area contributed by atoms with Crippen molar-refractivity contribution in [3.05, 3.63) is 47.0 Å². The zero-order chi connectivity index (χ0) is 19.6. The van der Waals surface area contributed by atoms with E-state index in [-0.39, 0.29) is 10.9 Å². The van der Waals surface area contributed by atoms with Crippen molar-refractivity contribution in [3.8, 4) is 11.5 Å². The lowest BCUT2D eigenvalue weighted by Gasteiger charge is -2.13. The van der Waals surface area contributed by atoms with E-state index in [1.165, 1.54) is 44.6 Å².